The van der Waals surface area contributed by atoms with E-state index in [2.05, 4.69) is 102 Å². The minimum absolute atomic E-state index is 1.09. The molecular weight excluding hydrogens is 350 g/mol. The first-order valence-electron chi connectivity index (χ1n) is 9.06. The third kappa shape index (κ3) is 2.48. The first-order valence-corrected chi connectivity index (χ1v) is 9.88. The molecule has 0 atom stereocenters. The summed E-state index contributed by atoms with van der Waals surface area (Å²) in [6.07, 6.45) is 0. The van der Waals surface area contributed by atoms with Gasteiger partial charge in [-0.25, -0.2) is 9.55 Å². The number of hydrogen-bond donors (Lipinski definition) is 0. The summed E-state index contributed by atoms with van der Waals surface area (Å²) in [5.74, 6) is 1.19. The molecule has 0 unspecified atom stereocenters. The van der Waals surface area contributed by atoms with Crippen molar-refractivity contribution in [3.8, 4) is 17.1 Å². The zero-order chi connectivity index (χ0) is 18.5. The Morgan fingerprint density at radius 1 is 0.926 bits per heavy atom. The highest BCUT2D eigenvalue weighted by Gasteiger charge is 2.27. The fourth-order valence-electron chi connectivity index (χ4n) is 3.89. The maximum atomic E-state index is 4.66. The number of benzene rings is 3. The Morgan fingerprint density at radius 3 is 2.48 bits per heavy atom. The molecule has 0 saturated heterocycles. The summed E-state index contributed by atoms with van der Waals surface area (Å²) >= 11 is 1.75. The molecular formula is C23H20N3S+. The summed E-state index contributed by atoms with van der Waals surface area (Å²) in [7, 11) is 2.15. The number of hydrogen-bond acceptors (Lipinski definition) is 2. The summed E-state index contributed by atoms with van der Waals surface area (Å²) in [6, 6.07) is 23.7. The Bertz CT molecular complexity index is 1300. The smallest absolute Gasteiger partial charge is 0.242 e. The Labute approximate surface area is 162 Å². The van der Waals surface area contributed by atoms with E-state index in [1.807, 2.05) is 0 Å². The lowest BCUT2D eigenvalue weighted by molar-refractivity contribution is -0.633. The van der Waals surface area contributed by atoms with Gasteiger partial charge in [0.1, 0.15) is 5.69 Å². The third-order valence-electron chi connectivity index (χ3n) is 5.11. The highest BCUT2D eigenvalue weighted by molar-refractivity contribution is 7.18. The van der Waals surface area contributed by atoms with E-state index < -0.39 is 0 Å². The van der Waals surface area contributed by atoms with Crippen molar-refractivity contribution in [1.82, 2.24) is 9.55 Å². The molecule has 0 radical (unpaired) electrons. The van der Waals surface area contributed by atoms with Crippen molar-refractivity contribution in [3.05, 3.63) is 77.3 Å². The molecule has 0 saturated carbocycles. The van der Waals surface area contributed by atoms with Crippen LogP contribution in [0, 0.1) is 13.8 Å². The fraction of sp³-hybridized carbons (Fsp3) is 0.130. The molecule has 3 aromatic carbocycles. The van der Waals surface area contributed by atoms with E-state index in [4.69, 9.17) is 0 Å². The number of para-hydroxylation sites is 3. The van der Waals surface area contributed by atoms with Gasteiger partial charge < -0.3 is 0 Å². The van der Waals surface area contributed by atoms with E-state index in [-0.39, 0.29) is 0 Å². The molecule has 5 aromatic rings. The first-order chi connectivity index (χ1) is 13.1. The van der Waals surface area contributed by atoms with Crippen molar-refractivity contribution < 1.29 is 4.57 Å². The van der Waals surface area contributed by atoms with Crippen LogP contribution in [0.5, 0.6) is 0 Å². The molecule has 4 heteroatoms. The van der Waals surface area contributed by atoms with E-state index in [0.29, 0.717) is 0 Å². The van der Waals surface area contributed by atoms with Crippen LogP contribution in [0.25, 0.3) is 38.3 Å². The summed E-state index contributed by atoms with van der Waals surface area (Å²) in [5, 5.41) is 1.11. The third-order valence-corrected chi connectivity index (χ3v) is 6.04. The van der Waals surface area contributed by atoms with E-state index in [9.17, 15) is 0 Å². The van der Waals surface area contributed by atoms with E-state index in [0.717, 1.165) is 10.5 Å². The van der Waals surface area contributed by atoms with E-state index in [1.54, 1.807) is 11.3 Å². The van der Waals surface area contributed by atoms with Gasteiger partial charge in [-0.05, 0) is 55.8 Å². The lowest BCUT2D eigenvalue weighted by Crippen LogP contribution is -2.30. The summed E-state index contributed by atoms with van der Waals surface area (Å²) in [5.41, 5.74) is 7.17. The van der Waals surface area contributed by atoms with Gasteiger partial charge in [-0.15, -0.1) is 11.3 Å². The molecule has 0 fully saturated rings. The van der Waals surface area contributed by atoms with Gasteiger partial charge in [0.2, 0.25) is 0 Å². The number of fused-ring (bicyclic) bond motifs is 2. The summed E-state index contributed by atoms with van der Waals surface area (Å²) in [4.78, 5) is 4.66. The molecule has 27 heavy (non-hydrogen) atoms. The average Bonchev–Trinajstić information content (AvgIpc) is 3.18. The lowest BCUT2D eigenvalue weighted by atomic mass is 10.1. The molecule has 0 aliphatic rings. The molecule has 5 rings (SSSR count). The predicted octanol–water partition coefficient (Wildman–Crippen LogP) is 5.35. The van der Waals surface area contributed by atoms with Gasteiger partial charge in [0.15, 0.2) is 11.0 Å². The van der Waals surface area contributed by atoms with Gasteiger partial charge in [0.05, 0.1) is 27.8 Å². The number of aromatic nitrogens is 3. The molecule has 3 nitrogen and oxygen atoms in total. The quantitative estimate of drug-likeness (QED) is 0.384. The Kier molecular flexibility index (Phi) is 3.62. The molecule has 2 aromatic heterocycles. The summed E-state index contributed by atoms with van der Waals surface area (Å²) < 4.78 is 5.89. The zero-order valence-electron chi connectivity index (χ0n) is 15.6. The predicted molar refractivity (Wildman–Crippen MR) is 113 cm³/mol. The number of imidazole rings is 1. The number of rotatable bonds is 2. The van der Waals surface area contributed by atoms with E-state index >= 15 is 0 Å². The van der Waals surface area contributed by atoms with Crippen LogP contribution in [0.2, 0.25) is 0 Å². The molecule has 2 heterocycles. The van der Waals surface area contributed by atoms with Crippen molar-refractivity contribution in [2.45, 2.75) is 13.8 Å². The van der Waals surface area contributed by atoms with Crippen LogP contribution in [-0.2, 0) is 7.05 Å². The molecule has 132 valence electrons. The monoisotopic (exact) mass is 370 g/mol. The highest BCUT2D eigenvalue weighted by atomic mass is 32.1. The van der Waals surface area contributed by atoms with Crippen molar-refractivity contribution in [2.75, 3.05) is 0 Å². The van der Waals surface area contributed by atoms with Gasteiger partial charge in [0, 0.05) is 0 Å². The SMILES string of the molecule is Cc1nc2cc(C)c(-c3n(-c4ccccc4)c4ccccc4[n+]3C)cc2s1. The number of aryl methyl sites for hydroxylation is 3. The maximum Gasteiger partial charge on any atom is 0.295 e. The zero-order valence-corrected chi connectivity index (χ0v) is 16.4. The van der Waals surface area contributed by atoms with Crippen molar-refractivity contribution in [1.29, 1.82) is 0 Å². The molecule has 0 bridgehead atoms. The topological polar surface area (TPSA) is 21.7 Å². The number of nitrogens with zero attached hydrogens (tertiary/aromatic N) is 3. The first kappa shape index (κ1) is 16.2. The molecule has 0 N–H and O–H groups in total. The lowest BCUT2D eigenvalue weighted by Gasteiger charge is -2.06. The van der Waals surface area contributed by atoms with Crippen molar-refractivity contribution >= 4 is 32.6 Å². The van der Waals surface area contributed by atoms with Gasteiger partial charge in [0.25, 0.3) is 5.82 Å². The van der Waals surface area contributed by atoms with Gasteiger partial charge in [-0.2, -0.15) is 4.57 Å². The van der Waals surface area contributed by atoms with Crippen LogP contribution < -0.4 is 4.57 Å². The highest BCUT2D eigenvalue weighted by Crippen LogP contribution is 2.33. The van der Waals surface area contributed by atoms with Gasteiger partial charge in [-0.3, -0.25) is 0 Å². The van der Waals surface area contributed by atoms with Crippen LogP contribution in [0.15, 0.2) is 66.7 Å². The standard InChI is InChI=1S/C23H20N3S/c1-15-13-19-22(27-16(2)24-19)14-18(15)23-25(3)20-11-7-8-12-21(20)26(23)17-9-5-4-6-10-17/h4-14H,1-3H3/q+1. The fourth-order valence-corrected chi connectivity index (χ4v) is 4.74. The van der Waals surface area contributed by atoms with Crippen LogP contribution in [0.3, 0.4) is 0 Å². The Balaban J connectivity index is 1.91. The molecule has 0 amide bonds. The van der Waals surface area contributed by atoms with Crippen LogP contribution in [-0.4, -0.2) is 9.55 Å². The maximum absolute atomic E-state index is 4.66. The minimum atomic E-state index is 1.09. The Morgan fingerprint density at radius 2 is 1.67 bits per heavy atom. The average molecular weight is 371 g/mol. The van der Waals surface area contributed by atoms with E-state index in [1.165, 1.54) is 38.4 Å². The second-order valence-electron chi connectivity index (χ2n) is 6.91. The van der Waals surface area contributed by atoms with Crippen LogP contribution >= 0.6 is 11.3 Å². The van der Waals surface area contributed by atoms with Gasteiger partial charge in [-0.1, -0.05) is 30.3 Å². The largest absolute Gasteiger partial charge is 0.295 e. The van der Waals surface area contributed by atoms with Gasteiger partial charge >= 0.3 is 0 Å². The van der Waals surface area contributed by atoms with Crippen molar-refractivity contribution in [2.24, 2.45) is 7.05 Å². The van der Waals surface area contributed by atoms with Crippen LogP contribution in [0.4, 0.5) is 0 Å². The Hall–Kier alpha value is -2.98. The number of thiazole rings is 1. The minimum Gasteiger partial charge on any atom is -0.242 e. The summed E-state index contributed by atoms with van der Waals surface area (Å²) in [6.45, 7) is 4.25. The second kappa shape index (κ2) is 6.03. The normalized spacial score (nSPS) is 11.5. The second-order valence-corrected chi connectivity index (χ2v) is 8.14. The van der Waals surface area contributed by atoms with Crippen LogP contribution in [0.1, 0.15) is 10.6 Å². The molecule has 0 aliphatic carbocycles. The van der Waals surface area contributed by atoms with Crippen molar-refractivity contribution in [3.63, 3.8) is 0 Å². The molecule has 0 aliphatic heterocycles. The molecule has 0 spiro atoms.